The van der Waals surface area contributed by atoms with Crippen molar-refractivity contribution in [3.05, 3.63) is 73.1 Å². The van der Waals surface area contributed by atoms with Crippen LogP contribution < -0.4 is 4.74 Å². The van der Waals surface area contributed by atoms with E-state index in [2.05, 4.69) is 30.1 Å². The third-order valence-corrected chi connectivity index (χ3v) is 5.43. The fourth-order valence-corrected chi connectivity index (χ4v) is 3.88. The van der Waals surface area contributed by atoms with Crippen LogP contribution in [-0.2, 0) is 0 Å². The number of hydrogen-bond donors (Lipinski definition) is 2. The first kappa shape index (κ1) is 19.1. The van der Waals surface area contributed by atoms with Crippen LogP contribution in [0.3, 0.4) is 0 Å². The van der Waals surface area contributed by atoms with E-state index in [1.165, 1.54) is 19.2 Å². The van der Waals surface area contributed by atoms with Crippen LogP contribution in [0.25, 0.3) is 56.0 Å². The molecule has 0 fully saturated rings. The lowest BCUT2D eigenvalue weighted by molar-refractivity contribution is 0.411. The summed E-state index contributed by atoms with van der Waals surface area (Å²) in [5.74, 6) is 0.577. The normalized spacial score (nSPS) is 11.3. The van der Waals surface area contributed by atoms with Crippen LogP contribution in [0.15, 0.2) is 67.3 Å². The van der Waals surface area contributed by atoms with Crippen LogP contribution in [-0.4, -0.2) is 42.2 Å². The molecule has 4 heterocycles. The van der Waals surface area contributed by atoms with Gasteiger partial charge < -0.3 is 9.72 Å². The smallest absolute Gasteiger partial charge is 0.159 e. The Kier molecular flexibility index (Phi) is 4.32. The standard InChI is InChI=1S/C24H16FN7O/c1-33-16-9-14(8-15(25)11-16)21-23-19(4-5-28-21)29-24(30-23)22-17-10-13(2-3-18(17)31-32-22)20-12-26-6-7-27-20/h2-12H,1H3,(H,29,30)(H,31,32). The average Bonchev–Trinajstić information content (AvgIpc) is 3.47. The first-order valence-electron chi connectivity index (χ1n) is 10.1. The topological polar surface area (TPSA) is 105 Å². The molecular formula is C24H16FN7O. The molecule has 0 atom stereocenters. The monoisotopic (exact) mass is 437 g/mol. The number of halogens is 1. The highest BCUT2D eigenvalue weighted by molar-refractivity contribution is 5.97. The Morgan fingerprint density at radius 3 is 2.67 bits per heavy atom. The molecule has 6 aromatic rings. The van der Waals surface area contributed by atoms with Crippen molar-refractivity contribution in [2.75, 3.05) is 7.11 Å². The average molecular weight is 437 g/mol. The van der Waals surface area contributed by atoms with E-state index in [0.29, 0.717) is 34.0 Å². The maximum absolute atomic E-state index is 14.1. The van der Waals surface area contributed by atoms with Crippen LogP contribution in [0.2, 0.25) is 0 Å². The minimum Gasteiger partial charge on any atom is -0.497 e. The molecule has 0 aliphatic heterocycles. The fraction of sp³-hybridized carbons (Fsp3) is 0.0417. The predicted octanol–water partition coefficient (Wildman–Crippen LogP) is 4.77. The molecule has 0 aliphatic rings. The highest BCUT2D eigenvalue weighted by Crippen LogP contribution is 2.33. The van der Waals surface area contributed by atoms with Gasteiger partial charge in [-0.05, 0) is 30.3 Å². The predicted molar refractivity (Wildman–Crippen MR) is 122 cm³/mol. The van der Waals surface area contributed by atoms with Crippen molar-refractivity contribution in [3.63, 3.8) is 0 Å². The van der Waals surface area contributed by atoms with E-state index in [4.69, 9.17) is 9.72 Å². The number of fused-ring (bicyclic) bond motifs is 2. The molecule has 2 N–H and O–H groups in total. The molecular weight excluding hydrogens is 421 g/mol. The molecule has 0 amide bonds. The number of methoxy groups -OCH3 is 1. The molecule has 0 unspecified atom stereocenters. The zero-order valence-corrected chi connectivity index (χ0v) is 17.4. The lowest BCUT2D eigenvalue weighted by Gasteiger charge is -2.05. The van der Waals surface area contributed by atoms with Crippen LogP contribution in [0.4, 0.5) is 4.39 Å². The van der Waals surface area contributed by atoms with Crippen LogP contribution in [0, 0.1) is 5.82 Å². The number of nitrogens with one attached hydrogen (secondary N) is 2. The summed E-state index contributed by atoms with van der Waals surface area (Å²) in [5.41, 5.74) is 5.72. The molecule has 0 saturated heterocycles. The molecule has 4 aromatic heterocycles. The zero-order chi connectivity index (χ0) is 22.4. The van der Waals surface area contributed by atoms with Gasteiger partial charge in [-0.25, -0.2) is 9.37 Å². The number of hydrogen-bond acceptors (Lipinski definition) is 6. The Morgan fingerprint density at radius 2 is 1.82 bits per heavy atom. The second-order valence-electron chi connectivity index (χ2n) is 7.44. The van der Waals surface area contributed by atoms with Gasteiger partial charge in [-0.2, -0.15) is 5.10 Å². The lowest BCUT2D eigenvalue weighted by Crippen LogP contribution is -1.90. The van der Waals surface area contributed by atoms with E-state index >= 15 is 0 Å². The van der Waals surface area contributed by atoms with E-state index in [-0.39, 0.29) is 0 Å². The quantitative estimate of drug-likeness (QED) is 0.411. The first-order valence-corrected chi connectivity index (χ1v) is 10.1. The van der Waals surface area contributed by atoms with Gasteiger partial charge in [0.1, 0.15) is 22.8 Å². The summed E-state index contributed by atoms with van der Waals surface area (Å²) in [4.78, 5) is 21.1. The molecule has 9 heteroatoms. The molecule has 2 aromatic carbocycles. The zero-order valence-electron chi connectivity index (χ0n) is 17.4. The number of aromatic nitrogens is 7. The van der Waals surface area contributed by atoms with E-state index in [9.17, 15) is 4.39 Å². The minimum absolute atomic E-state index is 0.409. The van der Waals surface area contributed by atoms with Crippen molar-refractivity contribution in [1.29, 1.82) is 0 Å². The summed E-state index contributed by atoms with van der Waals surface area (Å²) in [6.45, 7) is 0. The van der Waals surface area contributed by atoms with E-state index < -0.39 is 5.82 Å². The number of rotatable bonds is 4. The van der Waals surface area contributed by atoms with Gasteiger partial charge in [-0.1, -0.05) is 6.07 Å². The number of nitrogens with zero attached hydrogens (tertiary/aromatic N) is 5. The van der Waals surface area contributed by atoms with Crippen LogP contribution in [0.1, 0.15) is 0 Å². The number of aromatic amines is 2. The summed E-state index contributed by atoms with van der Waals surface area (Å²) in [6.07, 6.45) is 6.67. The van der Waals surface area contributed by atoms with Gasteiger partial charge >= 0.3 is 0 Å². The molecule has 6 rings (SSSR count). The van der Waals surface area contributed by atoms with Crippen LogP contribution >= 0.6 is 0 Å². The van der Waals surface area contributed by atoms with Gasteiger partial charge in [0.05, 0.1) is 35.7 Å². The van der Waals surface area contributed by atoms with Crippen molar-refractivity contribution in [3.8, 4) is 39.8 Å². The highest BCUT2D eigenvalue weighted by atomic mass is 19.1. The molecule has 160 valence electrons. The van der Waals surface area contributed by atoms with Gasteiger partial charge in [-0.3, -0.25) is 20.1 Å². The van der Waals surface area contributed by atoms with E-state index in [1.807, 2.05) is 24.3 Å². The van der Waals surface area contributed by atoms with Crippen molar-refractivity contribution < 1.29 is 9.13 Å². The molecule has 8 nitrogen and oxygen atoms in total. The van der Waals surface area contributed by atoms with Gasteiger partial charge in [0.2, 0.25) is 0 Å². The van der Waals surface area contributed by atoms with E-state index in [1.54, 1.807) is 30.9 Å². The lowest BCUT2D eigenvalue weighted by atomic mass is 10.1. The van der Waals surface area contributed by atoms with Crippen molar-refractivity contribution in [1.82, 2.24) is 35.1 Å². The molecule has 33 heavy (non-hydrogen) atoms. The summed E-state index contributed by atoms with van der Waals surface area (Å²) < 4.78 is 19.3. The van der Waals surface area contributed by atoms with Crippen molar-refractivity contribution >= 4 is 21.9 Å². The van der Waals surface area contributed by atoms with Gasteiger partial charge in [0.15, 0.2) is 5.82 Å². The molecule has 0 aliphatic carbocycles. The Bertz CT molecular complexity index is 1620. The Morgan fingerprint density at radius 1 is 0.879 bits per heavy atom. The van der Waals surface area contributed by atoms with Gasteiger partial charge in [-0.15, -0.1) is 0 Å². The summed E-state index contributed by atoms with van der Waals surface area (Å²) in [5, 5.41) is 8.42. The SMILES string of the molecule is COc1cc(F)cc(-c2nccc3[nH]c(-c4n[nH]c5ccc(-c6cnccn6)cc45)nc23)c1. The summed E-state index contributed by atoms with van der Waals surface area (Å²) in [6, 6.07) is 12.2. The second-order valence-corrected chi connectivity index (χ2v) is 7.44. The third kappa shape index (κ3) is 3.26. The maximum Gasteiger partial charge on any atom is 0.159 e. The first-order chi connectivity index (χ1) is 16.2. The van der Waals surface area contributed by atoms with E-state index in [0.717, 1.165) is 27.7 Å². The Labute approximate surface area is 186 Å². The Balaban J connectivity index is 1.50. The van der Waals surface area contributed by atoms with Crippen molar-refractivity contribution in [2.24, 2.45) is 0 Å². The number of imidazole rings is 1. The summed E-state index contributed by atoms with van der Waals surface area (Å²) in [7, 11) is 1.50. The van der Waals surface area contributed by atoms with Gasteiger partial charge in [0.25, 0.3) is 0 Å². The molecule has 0 radical (unpaired) electrons. The molecule has 0 saturated carbocycles. The number of pyridine rings is 1. The highest BCUT2D eigenvalue weighted by Gasteiger charge is 2.17. The second kappa shape index (κ2) is 7.49. The van der Waals surface area contributed by atoms with Crippen LogP contribution in [0.5, 0.6) is 5.75 Å². The molecule has 0 bridgehead atoms. The maximum atomic E-state index is 14.1. The number of H-pyrrole nitrogens is 2. The minimum atomic E-state index is -0.409. The number of benzene rings is 2. The van der Waals surface area contributed by atoms with Gasteiger partial charge in [0, 0.05) is 41.2 Å². The Hall–Kier alpha value is -4.66. The fourth-order valence-electron chi connectivity index (χ4n) is 3.88. The largest absolute Gasteiger partial charge is 0.497 e. The third-order valence-electron chi connectivity index (χ3n) is 5.43. The number of ether oxygens (including phenoxy) is 1. The summed E-state index contributed by atoms with van der Waals surface area (Å²) >= 11 is 0. The van der Waals surface area contributed by atoms with Crippen molar-refractivity contribution in [2.45, 2.75) is 0 Å². The molecule has 0 spiro atoms.